The Hall–Kier alpha value is -2.37. The summed E-state index contributed by atoms with van der Waals surface area (Å²) in [4.78, 5) is 34.8. The standard InChI is InChI=1S/C43H76NO10P/c1-3-5-7-9-11-12-13-14-15-16-17-18-19-20-21-25-30-34-43(48)54-39(38-53-55(49,50)52-36-35-44)37-51-42(47)33-29-26-22-24-28-32-41(46)40(45)31-27-23-10-8-6-4-2/h11-12,14-15,17-18,20-21,23,27,39-41,45-46H,3-10,13,16,19,22,24-26,28-38,44H2,1-2H3,(H,49,50)/b12-11-,15-14-,18-17-,21-20-,27-23-/t39-,40-,41-/m1/s1. The van der Waals surface area contributed by atoms with Crippen LogP contribution in [0.4, 0.5) is 0 Å². The molecule has 12 heteroatoms. The van der Waals surface area contributed by atoms with E-state index in [2.05, 4.69) is 56.4 Å². The third-order valence-corrected chi connectivity index (χ3v) is 9.56. The molecule has 5 N–H and O–H groups in total. The van der Waals surface area contributed by atoms with Crippen molar-refractivity contribution in [1.29, 1.82) is 0 Å². The minimum absolute atomic E-state index is 0.0194. The summed E-state index contributed by atoms with van der Waals surface area (Å²) >= 11 is 0. The molecule has 0 spiro atoms. The van der Waals surface area contributed by atoms with Gasteiger partial charge in [0.2, 0.25) is 0 Å². The van der Waals surface area contributed by atoms with Crippen LogP contribution in [0.3, 0.4) is 0 Å². The average Bonchev–Trinajstić information content (AvgIpc) is 3.17. The molecule has 0 aromatic rings. The lowest BCUT2D eigenvalue weighted by Gasteiger charge is -2.19. The van der Waals surface area contributed by atoms with Crippen LogP contribution in [0.15, 0.2) is 60.8 Å². The number of hydrogen-bond acceptors (Lipinski definition) is 10. The Morgan fingerprint density at radius 2 is 1.15 bits per heavy atom. The number of aliphatic hydroxyl groups is 2. The molecule has 0 aromatic carbocycles. The first kappa shape index (κ1) is 52.6. The first-order valence-corrected chi connectivity index (χ1v) is 22.4. The van der Waals surface area contributed by atoms with Crippen LogP contribution in [-0.4, -0.2) is 71.7 Å². The first-order chi connectivity index (χ1) is 26.6. The van der Waals surface area contributed by atoms with Gasteiger partial charge in [-0.2, -0.15) is 0 Å². The summed E-state index contributed by atoms with van der Waals surface area (Å²) in [7, 11) is -4.43. The second-order valence-electron chi connectivity index (χ2n) is 13.8. The smallest absolute Gasteiger partial charge is 0.462 e. The number of esters is 2. The number of carbonyl (C=O) groups is 2. The van der Waals surface area contributed by atoms with Gasteiger partial charge in [0.1, 0.15) is 6.61 Å². The molecule has 318 valence electrons. The third kappa shape index (κ3) is 37.0. The highest BCUT2D eigenvalue weighted by Crippen LogP contribution is 2.43. The van der Waals surface area contributed by atoms with Crippen LogP contribution in [0.5, 0.6) is 0 Å². The normalized spacial score (nSPS) is 15.1. The van der Waals surface area contributed by atoms with Crippen molar-refractivity contribution in [2.75, 3.05) is 26.4 Å². The number of unbranched alkanes of at least 4 members (excludes halogenated alkanes) is 11. The number of nitrogens with two attached hydrogens (primary N) is 1. The minimum atomic E-state index is -4.43. The van der Waals surface area contributed by atoms with E-state index in [4.69, 9.17) is 24.3 Å². The maximum Gasteiger partial charge on any atom is 0.472 e. The minimum Gasteiger partial charge on any atom is -0.462 e. The van der Waals surface area contributed by atoms with Gasteiger partial charge in [0.25, 0.3) is 0 Å². The Morgan fingerprint density at radius 1 is 0.618 bits per heavy atom. The van der Waals surface area contributed by atoms with Crippen molar-refractivity contribution < 1.29 is 47.8 Å². The molecule has 0 saturated carbocycles. The lowest BCUT2D eigenvalue weighted by atomic mass is 10.0. The van der Waals surface area contributed by atoms with Gasteiger partial charge in [0, 0.05) is 19.4 Å². The van der Waals surface area contributed by atoms with E-state index in [9.17, 15) is 29.3 Å². The monoisotopic (exact) mass is 798 g/mol. The summed E-state index contributed by atoms with van der Waals surface area (Å²) in [6.07, 6.45) is 37.1. The highest BCUT2D eigenvalue weighted by Gasteiger charge is 2.26. The largest absolute Gasteiger partial charge is 0.472 e. The molecular weight excluding hydrogens is 721 g/mol. The van der Waals surface area contributed by atoms with Gasteiger partial charge in [-0.3, -0.25) is 18.6 Å². The molecular formula is C43H76NO10P. The number of carbonyl (C=O) groups excluding carboxylic acids is 2. The van der Waals surface area contributed by atoms with Gasteiger partial charge in [0.15, 0.2) is 6.10 Å². The van der Waals surface area contributed by atoms with E-state index in [0.29, 0.717) is 32.1 Å². The molecule has 0 bridgehead atoms. The summed E-state index contributed by atoms with van der Waals surface area (Å²) in [6.45, 7) is 3.38. The van der Waals surface area contributed by atoms with E-state index in [1.54, 1.807) is 0 Å². The predicted octanol–water partition coefficient (Wildman–Crippen LogP) is 9.66. The van der Waals surface area contributed by atoms with Gasteiger partial charge in [-0.1, -0.05) is 126 Å². The molecule has 0 saturated heterocycles. The van der Waals surface area contributed by atoms with Crippen molar-refractivity contribution in [3.63, 3.8) is 0 Å². The maximum atomic E-state index is 12.5. The molecule has 55 heavy (non-hydrogen) atoms. The van der Waals surface area contributed by atoms with Crippen LogP contribution in [0.25, 0.3) is 0 Å². The second-order valence-corrected chi connectivity index (χ2v) is 15.3. The Kier molecular flexibility index (Phi) is 36.8. The zero-order valence-electron chi connectivity index (χ0n) is 34.1. The molecule has 0 radical (unpaired) electrons. The Bertz CT molecular complexity index is 1120. The SMILES string of the molecule is CCCCC/C=C\C/C=C\C/C=C\C/C=C\CCCC(=O)O[C@H](COC(=O)CCCCCCC[C@@H](O)[C@H](O)C/C=C\CCCCC)COP(=O)(O)OCCN. The second kappa shape index (κ2) is 38.5. The molecule has 0 heterocycles. The van der Waals surface area contributed by atoms with Crippen molar-refractivity contribution in [3.05, 3.63) is 60.8 Å². The van der Waals surface area contributed by atoms with Crippen LogP contribution in [-0.2, 0) is 32.7 Å². The summed E-state index contributed by atoms with van der Waals surface area (Å²) in [5.41, 5.74) is 5.33. The van der Waals surface area contributed by atoms with Crippen molar-refractivity contribution in [1.82, 2.24) is 0 Å². The number of ether oxygens (including phenoxy) is 2. The van der Waals surface area contributed by atoms with Crippen LogP contribution in [0.1, 0.15) is 155 Å². The number of phosphoric ester groups is 1. The summed E-state index contributed by atoms with van der Waals surface area (Å²) in [5.74, 6) is -1.01. The lowest BCUT2D eigenvalue weighted by Crippen LogP contribution is -2.29. The molecule has 0 fully saturated rings. The molecule has 0 amide bonds. The zero-order chi connectivity index (χ0) is 40.7. The van der Waals surface area contributed by atoms with Gasteiger partial charge in [-0.05, 0) is 77.0 Å². The molecule has 0 aliphatic rings. The quantitative estimate of drug-likeness (QED) is 0.0203. The molecule has 0 aliphatic carbocycles. The first-order valence-electron chi connectivity index (χ1n) is 20.9. The van der Waals surface area contributed by atoms with E-state index in [-0.39, 0.29) is 32.6 Å². The van der Waals surface area contributed by atoms with Crippen molar-refractivity contribution in [3.8, 4) is 0 Å². The molecule has 11 nitrogen and oxygen atoms in total. The zero-order valence-corrected chi connectivity index (χ0v) is 35.0. The van der Waals surface area contributed by atoms with Gasteiger partial charge in [-0.25, -0.2) is 4.57 Å². The summed E-state index contributed by atoms with van der Waals surface area (Å²) in [5, 5.41) is 20.4. The van der Waals surface area contributed by atoms with Crippen LogP contribution in [0.2, 0.25) is 0 Å². The van der Waals surface area contributed by atoms with E-state index < -0.39 is 44.7 Å². The lowest BCUT2D eigenvalue weighted by molar-refractivity contribution is -0.161. The fourth-order valence-corrected chi connectivity index (χ4v) is 6.06. The predicted molar refractivity (Wildman–Crippen MR) is 222 cm³/mol. The van der Waals surface area contributed by atoms with Gasteiger partial charge >= 0.3 is 19.8 Å². The topological polar surface area (TPSA) is 175 Å². The molecule has 1 unspecified atom stereocenters. The van der Waals surface area contributed by atoms with E-state index in [1.165, 1.54) is 32.1 Å². The number of phosphoric acid groups is 1. The molecule has 4 atom stereocenters. The third-order valence-electron chi connectivity index (χ3n) is 8.58. The Labute approximate surface area is 333 Å². The maximum absolute atomic E-state index is 12.5. The number of rotatable bonds is 38. The summed E-state index contributed by atoms with van der Waals surface area (Å²) in [6, 6.07) is 0. The number of allylic oxidation sites excluding steroid dienone is 9. The van der Waals surface area contributed by atoms with Gasteiger partial charge < -0.3 is 30.3 Å². The van der Waals surface area contributed by atoms with Crippen molar-refractivity contribution in [2.45, 2.75) is 173 Å². The average molecular weight is 798 g/mol. The van der Waals surface area contributed by atoms with Crippen molar-refractivity contribution >= 4 is 19.8 Å². The van der Waals surface area contributed by atoms with Crippen LogP contribution in [0, 0.1) is 0 Å². The number of aliphatic hydroxyl groups excluding tert-OH is 2. The fraction of sp³-hybridized carbons (Fsp3) is 0.721. The van der Waals surface area contributed by atoms with Gasteiger partial charge in [0.05, 0.1) is 25.4 Å². The summed E-state index contributed by atoms with van der Waals surface area (Å²) < 4.78 is 32.6. The van der Waals surface area contributed by atoms with Gasteiger partial charge in [-0.15, -0.1) is 0 Å². The molecule has 0 aliphatic heterocycles. The highest BCUT2D eigenvalue weighted by atomic mass is 31.2. The van der Waals surface area contributed by atoms with E-state index in [0.717, 1.165) is 64.2 Å². The molecule has 0 rings (SSSR count). The highest BCUT2D eigenvalue weighted by molar-refractivity contribution is 7.47. The molecule has 0 aromatic heterocycles. The fourth-order valence-electron chi connectivity index (χ4n) is 5.30. The number of hydrogen-bond donors (Lipinski definition) is 4. The van der Waals surface area contributed by atoms with E-state index >= 15 is 0 Å². The Morgan fingerprint density at radius 3 is 1.75 bits per heavy atom. The van der Waals surface area contributed by atoms with Crippen molar-refractivity contribution in [2.24, 2.45) is 5.73 Å². The van der Waals surface area contributed by atoms with Crippen LogP contribution < -0.4 is 5.73 Å². The van der Waals surface area contributed by atoms with E-state index in [1.807, 2.05) is 18.2 Å². The Balaban J connectivity index is 4.41. The van der Waals surface area contributed by atoms with Crippen LogP contribution >= 0.6 is 7.82 Å².